The van der Waals surface area contributed by atoms with Crippen LogP contribution in [0.5, 0.6) is 0 Å². The van der Waals surface area contributed by atoms with Crippen molar-refractivity contribution in [1.29, 1.82) is 5.26 Å². The van der Waals surface area contributed by atoms with Gasteiger partial charge in [0.2, 0.25) is 0 Å². The standard InChI is InChI=1S/C21H19N7/c22-11-14-2-1-3-16(10-14)17-12-23-20-19(17)21(25-13-24-20)28-8-5-15(6-9-28)18-4-7-26-27-18/h1-4,7,10,12-13,15H,5-6,8-9H2,(H,26,27)(H,23,24,25). The number of hydrogen-bond acceptors (Lipinski definition) is 5. The van der Waals surface area contributed by atoms with Gasteiger partial charge in [-0.05, 0) is 36.6 Å². The number of nitriles is 1. The quantitative estimate of drug-likeness (QED) is 0.575. The molecule has 0 unspecified atom stereocenters. The molecule has 0 saturated carbocycles. The first-order valence-electron chi connectivity index (χ1n) is 9.40. The van der Waals surface area contributed by atoms with Gasteiger partial charge >= 0.3 is 0 Å². The predicted molar refractivity (Wildman–Crippen MR) is 107 cm³/mol. The van der Waals surface area contributed by atoms with E-state index < -0.39 is 0 Å². The Bertz CT molecular complexity index is 1150. The van der Waals surface area contributed by atoms with Gasteiger partial charge in [-0.3, -0.25) is 5.10 Å². The lowest BCUT2D eigenvalue weighted by Crippen LogP contribution is -2.33. The topological polar surface area (TPSA) is 97.3 Å². The van der Waals surface area contributed by atoms with E-state index in [0.29, 0.717) is 11.5 Å². The third-order valence-corrected chi connectivity index (χ3v) is 5.51. The van der Waals surface area contributed by atoms with Crippen LogP contribution >= 0.6 is 0 Å². The van der Waals surface area contributed by atoms with Crippen LogP contribution in [0.1, 0.15) is 30.0 Å². The average Bonchev–Trinajstić information content (AvgIpc) is 3.44. The number of anilines is 1. The van der Waals surface area contributed by atoms with Crippen molar-refractivity contribution < 1.29 is 0 Å². The molecule has 1 aromatic carbocycles. The predicted octanol–water partition coefficient (Wildman–Crippen LogP) is 3.60. The lowest BCUT2D eigenvalue weighted by atomic mass is 9.93. The second-order valence-corrected chi connectivity index (χ2v) is 7.09. The molecular formula is C21H19N7. The largest absolute Gasteiger partial charge is 0.356 e. The van der Waals surface area contributed by atoms with Gasteiger partial charge in [0.1, 0.15) is 17.8 Å². The van der Waals surface area contributed by atoms with E-state index in [-0.39, 0.29) is 0 Å². The average molecular weight is 369 g/mol. The zero-order valence-electron chi connectivity index (χ0n) is 15.3. The highest BCUT2D eigenvalue weighted by Crippen LogP contribution is 2.36. The molecule has 5 rings (SSSR count). The van der Waals surface area contributed by atoms with Crippen LogP contribution in [-0.2, 0) is 0 Å². The molecule has 3 aromatic heterocycles. The van der Waals surface area contributed by atoms with Gasteiger partial charge in [-0.2, -0.15) is 10.4 Å². The molecule has 0 radical (unpaired) electrons. The van der Waals surface area contributed by atoms with Crippen LogP contribution in [0, 0.1) is 11.3 Å². The van der Waals surface area contributed by atoms with Crippen molar-refractivity contribution >= 4 is 16.9 Å². The molecule has 7 heteroatoms. The van der Waals surface area contributed by atoms with Crippen molar-refractivity contribution in [2.45, 2.75) is 18.8 Å². The highest BCUT2D eigenvalue weighted by atomic mass is 15.2. The van der Waals surface area contributed by atoms with Crippen molar-refractivity contribution in [3.8, 4) is 17.2 Å². The van der Waals surface area contributed by atoms with Crippen molar-refractivity contribution in [2.24, 2.45) is 0 Å². The normalized spacial score (nSPS) is 15.0. The number of benzene rings is 1. The zero-order chi connectivity index (χ0) is 18.9. The van der Waals surface area contributed by atoms with Crippen molar-refractivity contribution in [3.63, 3.8) is 0 Å². The smallest absolute Gasteiger partial charge is 0.143 e. The van der Waals surface area contributed by atoms with E-state index in [1.165, 1.54) is 5.69 Å². The maximum atomic E-state index is 9.24. The number of piperidine rings is 1. The van der Waals surface area contributed by atoms with E-state index in [1.807, 2.05) is 36.7 Å². The molecule has 2 N–H and O–H groups in total. The van der Waals surface area contributed by atoms with Crippen molar-refractivity contribution in [3.05, 3.63) is 60.3 Å². The Hall–Kier alpha value is -3.66. The summed E-state index contributed by atoms with van der Waals surface area (Å²) < 4.78 is 0. The second-order valence-electron chi connectivity index (χ2n) is 7.09. The molecule has 0 bridgehead atoms. The van der Waals surface area contributed by atoms with Crippen molar-refractivity contribution in [2.75, 3.05) is 18.0 Å². The number of nitrogens with one attached hydrogen (secondary N) is 2. The molecular weight excluding hydrogens is 350 g/mol. The summed E-state index contributed by atoms with van der Waals surface area (Å²) in [5.41, 5.74) is 4.69. The van der Waals surface area contributed by atoms with Crippen molar-refractivity contribution in [1.82, 2.24) is 25.1 Å². The first-order chi connectivity index (χ1) is 13.8. The fraction of sp³-hybridized carbons (Fsp3) is 0.238. The molecule has 4 aromatic rings. The molecule has 1 fully saturated rings. The second kappa shape index (κ2) is 6.82. The van der Waals surface area contributed by atoms with Gasteiger partial charge in [0.15, 0.2) is 0 Å². The summed E-state index contributed by atoms with van der Waals surface area (Å²) in [4.78, 5) is 14.6. The van der Waals surface area contributed by atoms with Gasteiger partial charge in [0.25, 0.3) is 0 Å². The van der Waals surface area contributed by atoms with Gasteiger partial charge in [0.05, 0.1) is 17.0 Å². The zero-order valence-corrected chi connectivity index (χ0v) is 15.3. The molecule has 138 valence electrons. The molecule has 1 aliphatic rings. The van der Waals surface area contributed by atoms with Gasteiger partial charge in [-0.1, -0.05) is 12.1 Å². The molecule has 0 aliphatic carbocycles. The van der Waals surface area contributed by atoms with E-state index in [1.54, 1.807) is 6.33 Å². The van der Waals surface area contributed by atoms with Crippen LogP contribution in [-0.4, -0.2) is 38.2 Å². The molecule has 0 spiro atoms. The molecule has 7 nitrogen and oxygen atoms in total. The van der Waals surface area contributed by atoms with E-state index in [4.69, 9.17) is 0 Å². The van der Waals surface area contributed by atoms with Crippen LogP contribution in [0.4, 0.5) is 5.82 Å². The van der Waals surface area contributed by atoms with Crippen LogP contribution < -0.4 is 4.90 Å². The molecule has 0 amide bonds. The lowest BCUT2D eigenvalue weighted by molar-refractivity contribution is 0.494. The highest BCUT2D eigenvalue weighted by Gasteiger charge is 2.25. The summed E-state index contributed by atoms with van der Waals surface area (Å²) in [6.45, 7) is 1.86. The Morgan fingerprint density at radius 3 is 2.82 bits per heavy atom. The van der Waals surface area contributed by atoms with E-state index in [9.17, 15) is 5.26 Å². The maximum absolute atomic E-state index is 9.24. The molecule has 28 heavy (non-hydrogen) atoms. The molecule has 0 atom stereocenters. The summed E-state index contributed by atoms with van der Waals surface area (Å²) in [7, 11) is 0. The number of fused-ring (bicyclic) bond motifs is 1. The minimum absolute atomic E-state index is 0.508. The Balaban J connectivity index is 1.50. The molecule has 1 saturated heterocycles. The Morgan fingerprint density at radius 2 is 2.04 bits per heavy atom. The fourth-order valence-corrected chi connectivity index (χ4v) is 4.07. The van der Waals surface area contributed by atoms with Crippen LogP contribution in [0.15, 0.2) is 49.1 Å². The minimum atomic E-state index is 0.508. The van der Waals surface area contributed by atoms with Crippen LogP contribution in [0.3, 0.4) is 0 Å². The summed E-state index contributed by atoms with van der Waals surface area (Å²) in [5, 5.41) is 17.4. The van der Waals surface area contributed by atoms with E-state index in [0.717, 1.165) is 53.9 Å². The number of rotatable bonds is 3. The van der Waals surface area contributed by atoms with Gasteiger partial charge in [-0.25, -0.2) is 9.97 Å². The Labute approximate surface area is 162 Å². The first-order valence-corrected chi connectivity index (χ1v) is 9.40. The summed E-state index contributed by atoms with van der Waals surface area (Å²) in [6, 6.07) is 11.9. The summed E-state index contributed by atoms with van der Waals surface area (Å²) in [6.07, 6.45) is 7.49. The fourth-order valence-electron chi connectivity index (χ4n) is 4.07. The number of hydrogen-bond donors (Lipinski definition) is 2. The Morgan fingerprint density at radius 1 is 1.14 bits per heavy atom. The van der Waals surface area contributed by atoms with Crippen LogP contribution in [0.2, 0.25) is 0 Å². The summed E-state index contributed by atoms with van der Waals surface area (Å²) in [5.74, 6) is 1.46. The minimum Gasteiger partial charge on any atom is -0.356 e. The third-order valence-electron chi connectivity index (χ3n) is 5.51. The van der Waals surface area contributed by atoms with Gasteiger partial charge in [0, 0.05) is 42.7 Å². The summed E-state index contributed by atoms with van der Waals surface area (Å²) >= 11 is 0. The highest BCUT2D eigenvalue weighted by molar-refractivity contribution is 6.01. The number of aromatic amines is 2. The van der Waals surface area contributed by atoms with Gasteiger partial charge < -0.3 is 9.88 Å². The van der Waals surface area contributed by atoms with E-state index >= 15 is 0 Å². The monoisotopic (exact) mass is 369 g/mol. The number of nitrogens with zero attached hydrogens (tertiary/aromatic N) is 5. The molecule has 4 heterocycles. The van der Waals surface area contributed by atoms with E-state index in [2.05, 4.69) is 42.2 Å². The lowest BCUT2D eigenvalue weighted by Gasteiger charge is -2.32. The Kier molecular flexibility index (Phi) is 4.02. The SMILES string of the molecule is N#Cc1cccc(-c2c[nH]c3ncnc(N4CCC(c5ccn[nH]5)CC4)c23)c1. The first kappa shape index (κ1) is 16.5. The third kappa shape index (κ3) is 2.79. The maximum Gasteiger partial charge on any atom is 0.143 e. The number of aromatic nitrogens is 5. The molecule has 1 aliphatic heterocycles. The van der Waals surface area contributed by atoms with Crippen LogP contribution in [0.25, 0.3) is 22.2 Å². The number of H-pyrrole nitrogens is 2. The van der Waals surface area contributed by atoms with Gasteiger partial charge in [-0.15, -0.1) is 0 Å².